The maximum Gasteiger partial charge on any atom is 0.306 e. The largest absolute Gasteiger partial charge is 0.461 e. The predicted molar refractivity (Wildman–Crippen MR) is 88.1 cm³/mol. The Kier molecular flexibility index (Phi) is 10.9. The summed E-state index contributed by atoms with van der Waals surface area (Å²) in [5.74, 6) is -0.103. The molecule has 3 heteroatoms. The number of carbonyl (C=O) groups is 1. The van der Waals surface area contributed by atoms with Gasteiger partial charge >= 0.3 is 5.97 Å². The molecule has 0 saturated carbocycles. The van der Waals surface area contributed by atoms with E-state index in [1.807, 2.05) is 36.6 Å². The molecule has 22 heavy (non-hydrogen) atoms. The third kappa shape index (κ3) is 10.1. The van der Waals surface area contributed by atoms with E-state index in [0.29, 0.717) is 19.4 Å². The van der Waals surface area contributed by atoms with Gasteiger partial charge in [-0.25, -0.2) is 0 Å². The van der Waals surface area contributed by atoms with Crippen molar-refractivity contribution in [3.05, 3.63) is 35.9 Å². The Morgan fingerprint density at radius 2 is 1.45 bits per heavy atom. The zero-order chi connectivity index (χ0) is 15.9. The Bertz CT molecular complexity index is 400. The van der Waals surface area contributed by atoms with Crippen LogP contribution in [-0.2, 0) is 20.9 Å². The lowest BCUT2D eigenvalue weighted by Gasteiger charge is -2.05. The molecule has 0 N–H and O–H groups in total. The summed E-state index contributed by atoms with van der Waals surface area (Å²) in [7, 11) is 0. The van der Waals surface area contributed by atoms with E-state index in [9.17, 15) is 9.59 Å². The van der Waals surface area contributed by atoms with Crippen molar-refractivity contribution in [1.29, 1.82) is 0 Å². The summed E-state index contributed by atoms with van der Waals surface area (Å²) in [6.45, 7) is 0.373. The van der Waals surface area contributed by atoms with Gasteiger partial charge in [0.25, 0.3) is 0 Å². The minimum Gasteiger partial charge on any atom is -0.461 e. The molecule has 0 spiro atoms. The maximum atomic E-state index is 11.6. The molecule has 0 aliphatic carbocycles. The molecule has 0 amide bonds. The third-order valence-electron chi connectivity index (χ3n) is 3.65. The van der Waals surface area contributed by atoms with Gasteiger partial charge in [-0.2, -0.15) is 0 Å². The highest BCUT2D eigenvalue weighted by Crippen LogP contribution is 2.11. The second-order valence-electron chi connectivity index (χ2n) is 5.62. The van der Waals surface area contributed by atoms with E-state index in [1.165, 1.54) is 25.7 Å². The van der Waals surface area contributed by atoms with Gasteiger partial charge in [-0.1, -0.05) is 68.9 Å². The van der Waals surface area contributed by atoms with E-state index in [-0.39, 0.29) is 5.97 Å². The summed E-state index contributed by atoms with van der Waals surface area (Å²) >= 11 is 0. The van der Waals surface area contributed by atoms with Crippen molar-refractivity contribution < 1.29 is 14.3 Å². The van der Waals surface area contributed by atoms with Gasteiger partial charge in [0.1, 0.15) is 6.61 Å². The fraction of sp³-hybridized carbons (Fsp3) is 0.579. The molecule has 0 heterocycles. The molecule has 1 rings (SSSR count). The van der Waals surface area contributed by atoms with E-state index in [2.05, 4.69) is 0 Å². The molecule has 0 unspecified atom stereocenters. The quantitative estimate of drug-likeness (QED) is 0.390. The zero-order valence-corrected chi connectivity index (χ0v) is 13.4. The molecule has 1 aromatic carbocycles. The van der Waals surface area contributed by atoms with Gasteiger partial charge < -0.3 is 4.74 Å². The van der Waals surface area contributed by atoms with Gasteiger partial charge in [0.05, 0.1) is 0 Å². The van der Waals surface area contributed by atoms with E-state index in [1.54, 1.807) is 0 Å². The SMILES string of the molecule is O=[C]CCCCCCCCCCC(=O)OCc1ccccc1. The summed E-state index contributed by atoms with van der Waals surface area (Å²) < 4.78 is 5.24. The lowest BCUT2D eigenvalue weighted by molar-refractivity contribution is -0.145. The van der Waals surface area contributed by atoms with Crippen LogP contribution in [0.4, 0.5) is 0 Å². The fourth-order valence-corrected chi connectivity index (χ4v) is 2.34. The minimum absolute atomic E-state index is 0.103. The molecule has 1 radical (unpaired) electrons. The Morgan fingerprint density at radius 1 is 0.864 bits per heavy atom. The Labute approximate surface area is 134 Å². The molecule has 121 valence electrons. The number of rotatable bonds is 13. The normalized spacial score (nSPS) is 10.4. The first kappa shape index (κ1) is 18.4. The molecule has 1 aromatic rings. The highest BCUT2D eigenvalue weighted by Gasteiger charge is 2.03. The van der Waals surface area contributed by atoms with Gasteiger partial charge in [-0.3, -0.25) is 9.59 Å². The third-order valence-corrected chi connectivity index (χ3v) is 3.65. The summed E-state index contributed by atoms with van der Waals surface area (Å²) in [4.78, 5) is 21.6. The molecule has 0 aromatic heterocycles. The van der Waals surface area contributed by atoms with Crippen LogP contribution in [0.25, 0.3) is 0 Å². The Balaban J connectivity index is 1.87. The number of esters is 1. The Morgan fingerprint density at radius 3 is 2.09 bits per heavy atom. The molecule has 0 aliphatic rings. The van der Waals surface area contributed by atoms with Crippen LogP contribution in [0.1, 0.15) is 69.8 Å². The minimum atomic E-state index is -0.103. The molecule has 3 nitrogen and oxygen atoms in total. The van der Waals surface area contributed by atoms with E-state index < -0.39 is 0 Å². The molecule has 0 bridgehead atoms. The van der Waals surface area contributed by atoms with Crippen LogP contribution in [0.15, 0.2) is 30.3 Å². The average Bonchev–Trinajstić information content (AvgIpc) is 2.55. The maximum absolute atomic E-state index is 11.6. The van der Waals surface area contributed by atoms with Gasteiger partial charge in [-0.15, -0.1) is 0 Å². The van der Waals surface area contributed by atoms with Crippen molar-refractivity contribution >= 4 is 12.3 Å². The summed E-state index contributed by atoms with van der Waals surface area (Å²) in [6, 6.07) is 9.76. The number of ether oxygens (including phenoxy) is 1. The number of hydrogen-bond donors (Lipinski definition) is 0. The number of hydrogen-bond acceptors (Lipinski definition) is 3. The molecule has 0 aliphatic heterocycles. The fourth-order valence-electron chi connectivity index (χ4n) is 2.34. The van der Waals surface area contributed by atoms with Crippen LogP contribution in [0.2, 0.25) is 0 Å². The van der Waals surface area contributed by atoms with Crippen LogP contribution in [0.5, 0.6) is 0 Å². The summed E-state index contributed by atoms with van der Waals surface area (Å²) in [6.07, 6.45) is 11.9. The van der Waals surface area contributed by atoms with Gasteiger partial charge in [-0.05, 0) is 18.4 Å². The number of unbranched alkanes of at least 4 members (excludes halogenated alkanes) is 8. The first-order valence-corrected chi connectivity index (χ1v) is 8.37. The lowest BCUT2D eigenvalue weighted by Crippen LogP contribution is -2.04. The Hall–Kier alpha value is -1.64. The topological polar surface area (TPSA) is 43.4 Å². The predicted octanol–water partition coefficient (Wildman–Crippen LogP) is 4.74. The second kappa shape index (κ2) is 13.1. The van der Waals surface area contributed by atoms with Gasteiger partial charge in [0, 0.05) is 12.8 Å². The number of benzene rings is 1. The lowest BCUT2D eigenvalue weighted by atomic mass is 10.1. The van der Waals surface area contributed by atoms with Crippen molar-refractivity contribution in [3.63, 3.8) is 0 Å². The van der Waals surface area contributed by atoms with Crippen LogP contribution in [0.3, 0.4) is 0 Å². The monoisotopic (exact) mass is 303 g/mol. The highest BCUT2D eigenvalue weighted by molar-refractivity contribution is 5.69. The van der Waals surface area contributed by atoms with Crippen molar-refractivity contribution in [2.24, 2.45) is 0 Å². The van der Waals surface area contributed by atoms with Crippen LogP contribution < -0.4 is 0 Å². The average molecular weight is 303 g/mol. The van der Waals surface area contributed by atoms with Crippen LogP contribution in [0, 0.1) is 0 Å². The first-order chi connectivity index (χ1) is 10.8. The summed E-state index contributed by atoms with van der Waals surface area (Å²) in [5.41, 5.74) is 1.03. The van der Waals surface area contributed by atoms with E-state index in [0.717, 1.165) is 31.2 Å². The second-order valence-corrected chi connectivity index (χ2v) is 5.62. The van der Waals surface area contributed by atoms with Crippen LogP contribution >= 0.6 is 0 Å². The van der Waals surface area contributed by atoms with Crippen molar-refractivity contribution in [2.75, 3.05) is 0 Å². The van der Waals surface area contributed by atoms with Gasteiger partial charge in [0.2, 0.25) is 0 Å². The van der Waals surface area contributed by atoms with E-state index in [4.69, 9.17) is 4.74 Å². The van der Waals surface area contributed by atoms with Crippen molar-refractivity contribution in [3.8, 4) is 0 Å². The standard InChI is InChI=1S/C19H27O3/c20-16-12-7-5-3-1-2-4-6-11-15-19(21)22-17-18-13-9-8-10-14-18/h8-10,13-14H,1-7,11-12,15,17H2. The molecule has 0 atom stereocenters. The molecule has 0 saturated heterocycles. The van der Waals surface area contributed by atoms with Gasteiger partial charge in [0.15, 0.2) is 6.29 Å². The molecular weight excluding hydrogens is 276 g/mol. The van der Waals surface area contributed by atoms with Crippen molar-refractivity contribution in [1.82, 2.24) is 0 Å². The molecule has 0 fully saturated rings. The van der Waals surface area contributed by atoms with Crippen molar-refractivity contribution in [2.45, 2.75) is 70.8 Å². The number of carbonyl (C=O) groups excluding carboxylic acids is 2. The first-order valence-electron chi connectivity index (χ1n) is 8.37. The smallest absolute Gasteiger partial charge is 0.306 e. The van der Waals surface area contributed by atoms with E-state index >= 15 is 0 Å². The van der Waals surface area contributed by atoms with Crippen LogP contribution in [-0.4, -0.2) is 12.3 Å². The molecular formula is C19H27O3. The zero-order valence-electron chi connectivity index (χ0n) is 13.4. The highest BCUT2D eigenvalue weighted by atomic mass is 16.5. The summed E-state index contributed by atoms with van der Waals surface area (Å²) in [5, 5.41) is 0.